The Bertz CT molecular complexity index is 930. The van der Waals surface area contributed by atoms with Crippen LogP contribution in [0.3, 0.4) is 0 Å². The summed E-state index contributed by atoms with van der Waals surface area (Å²) in [6.45, 7) is 0.422. The van der Waals surface area contributed by atoms with Crippen LogP contribution in [0.4, 0.5) is 13.2 Å². The number of rotatable bonds is 13. The summed E-state index contributed by atoms with van der Waals surface area (Å²) in [6.07, 6.45) is -12.4. The summed E-state index contributed by atoms with van der Waals surface area (Å²) in [6, 6.07) is -1.58. The summed E-state index contributed by atoms with van der Waals surface area (Å²) in [5.74, 6) is -2.76. The molecule has 0 aromatic carbocycles. The van der Waals surface area contributed by atoms with Gasteiger partial charge in [0.15, 0.2) is 12.6 Å². The van der Waals surface area contributed by atoms with Gasteiger partial charge in [-0.15, -0.1) is 0 Å². The highest BCUT2D eigenvalue weighted by Crippen LogP contribution is 2.34. The highest BCUT2D eigenvalue weighted by molar-refractivity contribution is 5.73. The summed E-state index contributed by atoms with van der Waals surface area (Å²) < 4.78 is 96.7. The van der Waals surface area contributed by atoms with Crippen molar-refractivity contribution in [2.45, 2.75) is 104 Å². The van der Waals surface area contributed by atoms with E-state index in [1.807, 2.05) is 0 Å². The number of alkyl halides is 3. The van der Waals surface area contributed by atoms with Gasteiger partial charge in [-0.3, -0.25) is 0 Å². The van der Waals surface area contributed by atoms with E-state index >= 15 is 0 Å². The fourth-order valence-electron chi connectivity index (χ4n) is 6.10. The maximum atomic E-state index is 10.6. The van der Waals surface area contributed by atoms with Crippen LogP contribution in [0, 0.1) is 0 Å². The zero-order chi connectivity index (χ0) is 35.6. The molecule has 3 aliphatic rings. The number of carboxylic acid groups (broad SMARTS) is 1. The largest absolute Gasteiger partial charge is 0.490 e. The summed E-state index contributed by atoms with van der Waals surface area (Å²) in [7, 11) is 10.9. The predicted octanol–water partition coefficient (Wildman–Crippen LogP) is -2.08. The van der Waals surface area contributed by atoms with Crippen molar-refractivity contribution < 1.29 is 75.2 Å². The standard InChI is InChI=1S/C25H50N4O11.C2HF3O2/c1-30-10-14-18(31-2)15(29)20(33-4)24(38-14)39-16-11(27)8-12(28)17(21(16)34-5)40-25-23(36-7)22(35-6)19(32-3)13(9-26)37-25;3-2(4,5)1(6)7/h11-25H,8-10,26-29H2,1-7H3;(H,6,7)/t11-,12+,13+,14-,15+,16+,17-,18-,19+,20-,21-,22-,23+,24+,25+;/m1./s1. The second kappa shape index (κ2) is 19.2. The van der Waals surface area contributed by atoms with Gasteiger partial charge in [-0.25, -0.2) is 4.79 Å². The molecule has 0 amide bonds. The number of methoxy groups -OCH3 is 7. The van der Waals surface area contributed by atoms with Crippen molar-refractivity contribution in [1.82, 2.24) is 0 Å². The molecule has 278 valence electrons. The van der Waals surface area contributed by atoms with Gasteiger partial charge in [0.25, 0.3) is 0 Å². The number of halogens is 3. The molecule has 0 bridgehead atoms. The minimum absolute atomic E-state index is 0.179. The number of aliphatic carboxylic acids is 1. The van der Waals surface area contributed by atoms with E-state index in [0.717, 1.165) is 0 Å². The fourth-order valence-corrected chi connectivity index (χ4v) is 6.10. The first kappa shape index (κ1) is 41.8. The smallest absolute Gasteiger partial charge is 0.475 e. The van der Waals surface area contributed by atoms with Crippen molar-refractivity contribution in [1.29, 1.82) is 0 Å². The van der Waals surface area contributed by atoms with E-state index in [4.69, 9.17) is 84.9 Å². The van der Waals surface area contributed by atoms with E-state index in [0.29, 0.717) is 6.42 Å². The van der Waals surface area contributed by atoms with Gasteiger partial charge in [0.05, 0.1) is 12.6 Å². The van der Waals surface area contributed by atoms with Crippen LogP contribution in [-0.2, 0) is 56.9 Å². The molecule has 0 radical (unpaired) electrons. The molecular weight excluding hydrogens is 645 g/mol. The van der Waals surface area contributed by atoms with Crippen molar-refractivity contribution >= 4 is 5.97 Å². The molecule has 0 aromatic heterocycles. The van der Waals surface area contributed by atoms with Gasteiger partial charge in [0.2, 0.25) is 0 Å². The number of ether oxygens (including phenoxy) is 11. The van der Waals surface area contributed by atoms with E-state index in [9.17, 15) is 13.2 Å². The highest BCUT2D eigenvalue weighted by atomic mass is 19.4. The van der Waals surface area contributed by atoms with Gasteiger partial charge < -0.3 is 80.1 Å². The summed E-state index contributed by atoms with van der Waals surface area (Å²) in [5, 5.41) is 7.12. The lowest BCUT2D eigenvalue weighted by atomic mass is 9.84. The average Bonchev–Trinajstić information content (AvgIpc) is 3.02. The minimum atomic E-state index is -5.08. The molecule has 15 atom stereocenters. The van der Waals surface area contributed by atoms with E-state index in [1.54, 1.807) is 35.5 Å². The first-order valence-corrected chi connectivity index (χ1v) is 14.7. The van der Waals surface area contributed by atoms with Crippen LogP contribution in [-0.4, -0.2) is 172 Å². The Labute approximate surface area is 271 Å². The maximum absolute atomic E-state index is 10.6. The Morgan fingerprint density at radius 3 is 1.47 bits per heavy atom. The summed E-state index contributed by atoms with van der Waals surface area (Å²) >= 11 is 0. The molecule has 20 heteroatoms. The van der Waals surface area contributed by atoms with Gasteiger partial charge >= 0.3 is 12.1 Å². The van der Waals surface area contributed by atoms with Crippen molar-refractivity contribution in [2.75, 3.05) is 62.9 Å². The van der Waals surface area contributed by atoms with Crippen LogP contribution in [0.2, 0.25) is 0 Å². The third kappa shape index (κ3) is 10.1. The SMILES string of the molecule is COC[C@H]1O[C@@H](O[C@@H]2[C@@H](OC)[C@H](O[C@@H]3O[C@@H](CN)[C@H](OC)[C@@H](OC)[C@@H]3OC)[C@@H](N)C[C@H]2N)[C@H](OC)[C@@H](N)[C@@H]1OC.O=C(O)C(F)(F)F. The molecule has 1 saturated carbocycles. The minimum Gasteiger partial charge on any atom is -0.475 e. The van der Waals surface area contributed by atoms with Crippen molar-refractivity contribution in [3.8, 4) is 0 Å². The molecule has 0 unspecified atom stereocenters. The molecule has 2 saturated heterocycles. The van der Waals surface area contributed by atoms with E-state index in [1.165, 1.54) is 14.2 Å². The Morgan fingerprint density at radius 1 is 0.681 bits per heavy atom. The average molecular weight is 697 g/mol. The third-order valence-electron chi connectivity index (χ3n) is 8.35. The zero-order valence-electron chi connectivity index (χ0n) is 27.6. The van der Waals surface area contributed by atoms with Crippen molar-refractivity contribution in [2.24, 2.45) is 22.9 Å². The first-order chi connectivity index (χ1) is 22.2. The highest BCUT2D eigenvalue weighted by Gasteiger charge is 2.53. The lowest BCUT2D eigenvalue weighted by Gasteiger charge is -2.50. The number of carboxylic acids is 1. The number of nitrogens with two attached hydrogens (primary N) is 4. The number of hydrogen-bond acceptors (Lipinski definition) is 16. The third-order valence-corrected chi connectivity index (χ3v) is 8.35. The topological polar surface area (TPSA) is 243 Å². The van der Waals surface area contributed by atoms with E-state index in [2.05, 4.69) is 0 Å². The lowest BCUT2D eigenvalue weighted by Crippen LogP contribution is -2.69. The molecule has 47 heavy (non-hydrogen) atoms. The van der Waals surface area contributed by atoms with Gasteiger partial charge in [0.1, 0.15) is 61.0 Å². The zero-order valence-corrected chi connectivity index (χ0v) is 27.6. The van der Waals surface area contributed by atoms with Crippen LogP contribution in [0.1, 0.15) is 6.42 Å². The van der Waals surface area contributed by atoms with Crippen LogP contribution < -0.4 is 22.9 Å². The molecule has 0 spiro atoms. The molecule has 1 aliphatic carbocycles. The number of carbonyl (C=O) groups is 1. The van der Waals surface area contributed by atoms with Gasteiger partial charge in [-0.05, 0) is 6.42 Å². The molecule has 17 nitrogen and oxygen atoms in total. The van der Waals surface area contributed by atoms with E-state index < -0.39 is 104 Å². The maximum Gasteiger partial charge on any atom is 0.490 e. The summed E-state index contributed by atoms with van der Waals surface area (Å²) in [5.41, 5.74) is 25.6. The predicted molar refractivity (Wildman–Crippen MR) is 155 cm³/mol. The second-order valence-electron chi connectivity index (χ2n) is 11.1. The van der Waals surface area contributed by atoms with Gasteiger partial charge in [0, 0.05) is 68.4 Å². The van der Waals surface area contributed by atoms with Crippen molar-refractivity contribution in [3.63, 3.8) is 0 Å². The van der Waals surface area contributed by atoms with E-state index in [-0.39, 0.29) is 13.2 Å². The van der Waals surface area contributed by atoms with Crippen molar-refractivity contribution in [3.05, 3.63) is 0 Å². The Kier molecular flexibility index (Phi) is 17.1. The molecule has 2 heterocycles. The normalized spacial score (nSPS) is 41.2. The summed E-state index contributed by atoms with van der Waals surface area (Å²) in [4.78, 5) is 8.90. The molecule has 3 rings (SSSR count). The van der Waals surface area contributed by atoms with Crippen LogP contribution >= 0.6 is 0 Å². The number of hydrogen-bond donors (Lipinski definition) is 5. The quantitative estimate of drug-likeness (QED) is 0.139. The lowest BCUT2D eigenvalue weighted by molar-refractivity contribution is -0.340. The first-order valence-electron chi connectivity index (χ1n) is 14.7. The Morgan fingerprint density at radius 2 is 1.09 bits per heavy atom. The van der Waals surface area contributed by atoms with Gasteiger partial charge in [-0.2, -0.15) is 13.2 Å². The van der Waals surface area contributed by atoms with Crippen LogP contribution in [0.25, 0.3) is 0 Å². The fraction of sp³-hybridized carbons (Fsp3) is 0.963. The molecule has 3 fully saturated rings. The molecule has 9 N–H and O–H groups in total. The molecule has 2 aliphatic heterocycles. The Hall–Kier alpha value is -1.34. The monoisotopic (exact) mass is 696 g/mol. The molecular formula is C27H51F3N4O13. The molecule has 0 aromatic rings. The van der Waals surface area contributed by atoms with Crippen LogP contribution in [0.15, 0.2) is 0 Å². The Balaban J connectivity index is 0.000000984. The van der Waals surface area contributed by atoms with Crippen LogP contribution in [0.5, 0.6) is 0 Å². The van der Waals surface area contributed by atoms with Gasteiger partial charge in [-0.1, -0.05) is 0 Å². The second-order valence-corrected chi connectivity index (χ2v) is 11.1.